The maximum atomic E-state index is 11.5. The summed E-state index contributed by atoms with van der Waals surface area (Å²) in [5.41, 5.74) is 0.974. The highest BCUT2D eigenvalue weighted by molar-refractivity contribution is 5.71. The summed E-state index contributed by atoms with van der Waals surface area (Å²) in [4.78, 5) is 11.5. The predicted octanol–water partition coefficient (Wildman–Crippen LogP) is 2.21. The molecule has 2 rings (SSSR count). The molecule has 0 amide bonds. The molecule has 0 saturated carbocycles. The number of esters is 1. The molecule has 1 aromatic rings. The molecule has 1 aliphatic rings. The van der Waals surface area contributed by atoms with Gasteiger partial charge >= 0.3 is 5.97 Å². The van der Waals surface area contributed by atoms with E-state index in [1.54, 1.807) is 19.1 Å². The first-order valence-corrected chi connectivity index (χ1v) is 5.82. The van der Waals surface area contributed by atoms with Gasteiger partial charge in [-0.3, -0.25) is 4.79 Å². The molecule has 1 aliphatic heterocycles. The summed E-state index contributed by atoms with van der Waals surface area (Å²) in [6, 6.07) is 5.02. The van der Waals surface area contributed by atoms with Crippen molar-refractivity contribution < 1.29 is 19.4 Å². The van der Waals surface area contributed by atoms with E-state index in [0.29, 0.717) is 25.4 Å². The van der Waals surface area contributed by atoms with Crippen LogP contribution in [0.3, 0.4) is 0 Å². The predicted molar refractivity (Wildman–Crippen MR) is 62.2 cm³/mol. The van der Waals surface area contributed by atoms with Crippen LogP contribution in [0.25, 0.3) is 0 Å². The molecule has 0 fully saturated rings. The van der Waals surface area contributed by atoms with E-state index in [2.05, 4.69) is 0 Å². The molecule has 92 valence electrons. The van der Waals surface area contributed by atoms with Gasteiger partial charge in [0.05, 0.1) is 19.6 Å². The van der Waals surface area contributed by atoms with Gasteiger partial charge in [0.2, 0.25) is 0 Å². The summed E-state index contributed by atoms with van der Waals surface area (Å²) in [6.07, 6.45) is 1.17. The lowest BCUT2D eigenvalue weighted by Gasteiger charge is -2.25. The van der Waals surface area contributed by atoms with E-state index in [-0.39, 0.29) is 17.6 Å². The van der Waals surface area contributed by atoms with Crippen molar-refractivity contribution in [3.8, 4) is 11.5 Å². The van der Waals surface area contributed by atoms with E-state index >= 15 is 0 Å². The van der Waals surface area contributed by atoms with Crippen molar-refractivity contribution in [3.63, 3.8) is 0 Å². The normalized spacial score (nSPS) is 18.1. The van der Waals surface area contributed by atoms with Gasteiger partial charge in [0.1, 0.15) is 11.5 Å². The van der Waals surface area contributed by atoms with Crippen LogP contribution < -0.4 is 4.74 Å². The fraction of sp³-hybridized carbons (Fsp3) is 0.462. The first-order chi connectivity index (χ1) is 8.20. The molecule has 0 aromatic heterocycles. The van der Waals surface area contributed by atoms with E-state index in [0.717, 1.165) is 12.0 Å². The molecule has 1 heterocycles. The van der Waals surface area contributed by atoms with Crippen LogP contribution in [-0.4, -0.2) is 24.3 Å². The number of fused-ring (bicyclic) bond motifs is 1. The van der Waals surface area contributed by atoms with E-state index in [4.69, 9.17) is 9.47 Å². The number of phenolic OH excluding ortho intramolecular Hbond substituents is 1. The molecule has 0 radical (unpaired) electrons. The Kier molecular flexibility index (Phi) is 3.52. The second-order valence-electron chi connectivity index (χ2n) is 4.07. The molecule has 0 saturated heterocycles. The zero-order chi connectivity index (χ0) is 12.3. The Morgan fingerprint density at radius 2 is 2.41 bits per heavy atom. The van der Waals surface area contributed by atoms with E-state index in [1.165, 1.54) is 0 Å². The van der Waals surface area contributed by atoms with Crippen LogP contribution in [0.2, 0.25) is 0 Å². The minimum absolute atomic E-state index is 0.124. The van der Waals surface area contributed by atoms with Crippen molar-refractivity contribution in [2.24, 2.45) is 0 Å². The SMILES string of the molecule is CCOC(=O)C[C@@H]1CCOc2cc(O)ccc21. The molecule has 0 aliphatic carbocycles. The van der Waals surface area contributed by atoms with Crippen molar-refractivity contribution in [1.82, 2.24) is 0 Å². The summed E-state index contributed by atoms with van der Waals surface area (Å²) >= 11 is 0. The van der Waals surface area contributed by atoms with Crippen LogP contribution >= 0.6 is 0 Å². The first-order valence-electron chi connectivity index (χ1n) is 5.82. The summed E-state index contributed by atoms with van der Waals surface area (Å²) < 4.78 is 10.4. The summed E-state index contributed by atoms with van der Waals surface area (Å²) in [7, 11) is 0. The maximum Gasteiger partial charge on any atom is 0.306 e. The van der Waals surface area contributed by atoms with Gasteiger partial charge < -0.3 is 14.6 Å². The molecular weight excluding hydrogens is 220 g/mol. The molecular formula is C13H16O4. The highest BCUT2D eigenvalue weighted by atomic mass is 16.5. The fourth-order valence-electron chi connectivity index (χ4n) is 2.09. The third-order valence-corrected chi connectivity index (χ3v) is 2.88. The fourth-order valence-corrected chi connectivity index (χ4v) is 2.09. The number of hydrogen-bond donors (Lipinski definition) is 1. The molecule has 17 heavy (non-hydrogen) atoms. The third kappa shape index (κ3) is 2.70. The number of carbonyl (C=O) groups excluding carboxylic acids is 1. The van der Waals surface area contributed by atoms with Gasteiger partial charge in [-0.05, 0) is 25.0 Å². The highest BCUT2D eigenvalue weighted by Crippen LogP contribution is 2.37. The Bertz CT molecular complexity index is 414. The third-order valence-electron chi connectivity index (χ3n) is 2.88. The van der Waals surface area contributed by atoms with Crippen molar-refractivity contribution in [2.75, 3.05) is 13.2 Å². The Morgan fingerprint density at radius 3 is 3.18 bits per heavy atom. The zero-order valence-electron chi connectivity index (χ0n) is 9.81. The van der Waals surface area contributed by atoms with E-state index in [9.17, 15) is 9.90 Å². The molecule has 4 heteroatoms. The smallest absolute Gasteiger partial charge is 0.306 e. The largest absolute Gasteiger partial charge is 0.508 e. The van der Waals surface area contributed by atoms with Crippen molar-refractivity contribution in [2.45, 2.75) is 25.7 Å². The minimum Gasteiger partial charge on any atom is -0.508 e. The van der Waals surface area contributed by atoms with Gasteiger partial charge in [0.25, 0.3) is 0 Å². The lowest BCUT2D eigenvalue weighted by atomic mass is 9.90. The molecule has 0 unspecified atom stereocenters. The number of ether oxygens (including phenoxy) is 2. The van der Waals surface area contributed by atoms with E-state index < -0.39 is 0 Å². The molecule has 0 spiro atoms. The monoisotopic (exact) mass is 236 g/mol. The van der Waals surface area contributed by atoms with Crippen LogP contribution in [0, 0.1) is 0 Å². The minimum atomic E-state index is -0.182. The van der Waals surface area contributed by atoms with Gasteiger partial charge in [-0.2, -0.15) is 0 Å². The second kappa shape index (κ2) is 5.08. The van der Waals surface area contributed by atoms with Gasteiger partial charge in [0, 0.05) is 12.0 Å². The summed E-state index contributed by atoms with van der Waals surface area (Å²) in [5.74, 6) is 0.794. The van der Waals surface area contributed by atoms with Gasteiger partial charge in [-0.25, -0.2) is 0 Å². The standard InChI is InChI=1S/C13H16O4/c1-2-16-13(15)7-9-5-6-17-12-8-10(14)3-4-11(9)12/h3-4,8-9,14H,2,5-7H2,1H3/t9-/m0/s1. The van der Waals surface area contributed by atoms with Crippen LogP contribution in [0.15, 0.2) is 18.2 Å². The number of phenols is 1. The average molecular weight is 236 g/mol. The zero-order valence-corrected chi connectivity index (χ0v) is 9.81. The quantitative estimate of drug-likeness (QED) is 0.817. The topological polar surface area (TPSA) is 55.8 Å². The number of hydrogen-bond acceptors (Lipinski definition) is 4. The molecule has 1 atom stereocenters. The summed E-state index contributed by atoms with van der Waals surface area (Å²) in [5, 5.41) is 9.37. The number of carbonyl (C=O) groups is 1. The number of aromatic hydroxyl groups is 1. The van der Waals surface area contributed by atoms with Crippen LogP contribution in [-0.2, 0) is 9.53 Å². The lowest BCUT2D eigenvalue weighted by Crippen LogP contribution is -2.18. The Hall–Kier alpha value is -1.71. The van der Waals surface area contributed by atoms with Gasteiger partial charge in [0.15, 0.2) is 0 Å². The number of benzene rings is 1. The lowest BCUT2D eigenvalue weighted by molar-refractivity contribution is -0.143. The van der Waals surface area contributed by atoms with Crippen LogP contribution in [0.1, 0.15) is 31.2 Å². The Morgan fingerprint density at radius 1 is 1.59 bits per heavy atom. The molecule has 0 bridgehead atoms. The molecule has 1 N–H and O–H groups in total. The van der Waals surface area contributed by atoms with Crippen LogP contribution in [0.4, 0.5) is 0 Å². The van der Waals surface area contributed by atoms with Crippen LogP contribution in [0.5, 0.6) is 11.5 Å². The maximum absolute atomic E-state index is 11.5. The van der Waals surface area contributed by atoms with Crippen molar-refractivity contribution >= 4 is 5.97 Å². The summed E-state index contributed by atoms with van der Waals surface area (Å²) in [6.45, 7) is 2.78. The molecule has 1 aromatic carbocycles. The first kappa shape index (κ1) is 11.8. The van der Waals surface area contributed by atoms with Gasteiger partial charge in [-0.1, -0.05) is 6.07 Å². The number of rotatable bonds is 3. The molecule has 4 nitrogen and oxygen atoms in total. The van der Waals surface area contributed by atoms with Crippen molar-refractivity contribution in [3.05, 3.63) is 23.8 Å². The van der Waals surface area contributed by atoms with Crippen molar-refractivity contribution in [1.29, 1.82) is 0 Å². The van der Waals surface area contributed by atoms with E-state index in [1.807, 2.05) is 6.07 Å². The Balaban J connectivity index is 2.14. The Labute approximate surface area is 100 Å². The van der Waals surface area contributed by atoms with Gasteiger partial charge in [-0.15, -0.1) is 0 Å². The average Bonchev–Trinajstić information content (AvgIpc) is 2.29. The highest BCUT2D eigenvalue weighted by Gasteiger charge is 2.24. The second-order valence-corrected chi connectivity index (χ2v) is 4.07.